The van der Waals surface area contributed by atoms with E-state index in [1.807, 2.05) is 45.0 Å². The lowest BCUT2D eigenvalue weighted by Crippen LogP contribution is -2.30. The molecule has 0 heterocycles. The normalized spacial score (nSPS) is 13.6. The molecule has 0 aliphatic carbocycles. The van der Waals surface area contributed by atoms with Gasteiger partial charge < -0.3 is 4.74 Å². The van der Waals surface area contributed by atoms with Gasteiger partial charge in [-0.25, -0.2) is 13.6 Å². The lowest BCUT2D eigenvalue weighted by atomic mass is 9.99. The van der Waals surface area contributed by atoms with Crippen LogP contribution in [0.15, 0.2) is 24.3 Å². The van der Waals surface area contributed by atoms with Crippen molar-refractivity contribution in [3.63, 3.8) is 0 Å². The second kappa shape index (κ2) is 6.20. The maximum absolute atomic E-state index is 11.1. The Balaban J connectivity index is 2.60. The van der Waals surface area contributed by atoms with Gasteiger partial charge in [0.1, 0.15) is 5.75 Å². The summed E-state index contributed by atoms with van der Waals surface area (Å²) in [5.41, 5.74) is 1.16. The lowest BCUT2D eigenvalue weighted by molar-refractivity contribution is 0.225. The first-order valence-electron chi connectivity index (χ1n) is 5.98. The number of primary sulfonamides is 1. The van der Waals surface area contributed by atoms with Gasteiger partial charge in [0, 0.05) is 5.92 Å². The summed E-state index contributed by atoms with van der Waals surface area (Å²) < 4.78 is 27.9. The predicted molar refractivity (Wildman–Crippen MR) is 73.0 cm³/mol. The molecule has 1 aromatic rings. The summed E-state index contributed by atoms with van der Waals surface area (Å²) in [6.07, 6.45) is 0. The average Bonchev–Trinajstić information content (AvgIpc) is 2.24. The topological polar surface area (TPSA) is 69.4 Å². The molecule has 0 aromatic heterocycles. The molecule has 0 aliphatic heterocycles. The molecule has 0 amide bonds. The van der Waals surface area contributed by atoms with Crippen molar-refractivity contribution in [1.29, 1.82) is 0 Å². The van der Waals surface area contributed by atoms with Crippen LogP contribution < -0.4 is 9.88 Å². The Bertz CT molecular complexity index is 466. The maximum Gasteiger partial charge on any atom is 0.209 e. The summed E-state index contributed by atoms with van der Waals surface area (Å²) in [4.78, 5) is 0. The average molecular weight is 271 g/mol. The van der Waals surface area contributed by atoms with E-state index in [1.54, 1.807) is 0 Å². The first-order chi connectivity index (χ1) is 8.28. The number of sulfonamides is 1. The number of rotatable bonds is 6. The third-order valence-electron chi connectivity index (χ3n) is 2.87. The van der Waals surface area contributed by atoms with Crippen LogP contribution in [-0.4, -0.2) is 20.8 Å². The highest BCUT2D eigenvalue weighted by Crippen LogP contribution is 2.17. The number of hydrogen-bond donors (Lipinski definition) is 1. The van der Waals surface area contributed by atoms with Crippen molar-refractivity contribution in [3.8, 4) is 5.75 Å². The van der Waals surface area contributed by atoms with Gasteiger partial charge in [0.25, 0.3) is 0 Å². The Morgan fingerprint density at radius 3 is 2.22 bits per heavy atom. The molecule has 0 fully saturated rings. The molecule has 1 atom stereocenters. The second-order valence-electron chi connectivity index (χ2n) is 4.96. The molecule has 4 nitrogen and oxygen atoms in total. The minimum atomic E-state index is -3.46. The molecule has 5 heteroatoms. The largest absolute Gasteiger partial charge is 0.493 e. The molecule has 2 N–H and O–H groups in total. The van der Waals surface area contributed by atoms with Crippen LogP contribution >= 0.6 is 0 Å². The van der Waals surface area contributed by atoms with Crippen LogP contribution in [-0.2, 0) is 10.0 Å². The maximum atomic E-state index is 11.1. The first-order valence-corrected chi connectivity index (χ1v) is 7.69. The van der Waals surface area contributed by atoms with Gasteiger partial charge in [-0.1, -0.05) is 31.5 Å². The van der Waals surface area contributed by atoms with Gasteiger partial charge in [-0.3, -0.25) is 0 Å². The van der Waals surface area contributed by atoms with Gasteiger partial charge in [-0.05, 0) is 25.0 Å². The fourth-order valence-corrected chi connectivity index (χ4v) is 2.65. The fourth-order valence-electron chi connectivity index (χ4n) is 1.57. The summed E-state index contributed by atoms with van der Waals surface area (Å²) in [7, 11) is -3.46. The highest BCUT2D eigenvalue weighted by molar-refractivity contribution is 7.89. The number of nitrogens with two attached hydrogens (primary N) is 1. The molecule has 0 spiro atoms. The molecule has 0 saturated heterocycles. The van der Waals surface area contributed by atoms with Crippen molar-refractivity contribution in [1.82, 2.24) is 0 Å². The predicted octanol–water partition coefficient (Wildman–Crippen LogP) is 1.93. The fraction of sp³-hybridized carbons (Fsp3) is 0.538. The van der Waals surface area contributed by atoms with Crippen LogP contribution in [0.5, 0.6) is 5.75 Å². The Labute approximate surface area is 109 Å². The van der Waals surface area contributed by atoms with Crippen LogP contribution in [0, 0.1) is 18.8 Å². The van der Waals surface area contributed by atoms with E-state index in [2.05, 4.69) is 0 Å². The molecule has 0 aliphatic rings. The number of ether oxygens (including phenoxy) is 1. The van der Waals surface area contributed by atoms with Crippen LogP contribution in [0.25, 0.3) is 0 Å². The van der Waals surface area contributed by atoms with Gasteiger partial charge >= 0.3 is 0 Å². The monoisotopic (exact) mass is 271 g/mol. The van der Waals surface area contributed by atoms with Crippen LogP contribution in [0.1, 0.15) is 19.4 Å². The van der Waals surface area contributed by atoms with Crippen LogP contribution in [0.3, 0.4) is 0 Å². The third kappa shape index (κ3) is 5.51. The van der Waals surface area contributed by atoms with E-state index >= 15 is 0 Å². The van der Waals surface area contributed by atoms with Gasteiger partial charge in [-0.2, -0.15) is 0 Å². The molecule has 1 aromatic carbocycles. The smallest absolute Gasteiger partial charge is 0.209 e. The van der Waals surface area contributed by atoms with E-state index < -0.39 is 10.0 Å². The minimum Gasteiger partial charge on any atom is -0.493 e. The Morgan fingerprint density at radius 1 is 1.22 bits per heavy atom. The van der Waals surface area contributed by atoms with E-state index in [0.717, 1.165) is 11.3 Å². The molecule has 18 heavy (non-hydrogen) atoms. The highest BCUT2D eigenvalue weighted by atomic mass is 32.2. The van der Waals surface area contributed by atoms with E-state index in [1.165, 1.54) is 0 Å². The second-order valence-corrected chi connectivity index (χ2v) is 6.62. The standard InChI is InChI=1S/C13H21NO3S/c1-10(2)12(9-18(14,15)16)8-17-13-6-4-11(3)5-7-13/h4-7,10,12H,8-9H2,1-3H3,(H2,14,15,16). The quantitative estimate of drug-likeness (QED) is 0.859. The van der Waals surface area contributed by atoms with Gasteiger partial charge in [-0.15, -0.1) is 0 Å². The Kier molecular flexibility index (Phi) is 5.16. The number of hydrogen-bond acceptors (Lipinski definition) is 3. The summed E-state index contributed by atoms with van der Waals surface area (Å²) in [5.74, 6) is 0.812. The minimum absolute atomic E-state index is 0.0451. The molecule has 0 radical (unpaired) electrons. The molecule has 0 saturated carbocycles. The molecule has 1 rings (SSSR count). The van der Waals surface area contributed by atoms with Crippen molar-refractivity contribution < 1.29 is 13.2 Å². The van der Waals surface area contributed by atoms with Crippen LogP contribution in [0.4, 0.5) is 0 Å². The SMILES string of the molecule is Cc1ccc(OCC(CS(N)(=O)=O)C(C)C)cc1. The zero-order valence-corrected chi connectivity index (χ0v) is 11.9. The van der Waals surface area contributed by atoms with Gasteiger partial charge in [0.2, 0.25) is 10.0 Å². The summed E-state index contributed by atoms with van der Waals surface area (Å²) in [6, 6.07) is 7.67. The van der Waals surface area contributed by atoms with Crippen molar-refractivity contribution in [2.45, 2.75) is 20.8 Å². The molecule has 1 unspecified atom stereocenters. The van der Waals surface area contributed by atoms with E-state index in [4.69, 9.17) is 9.88 Å². The first kappa shape index (κ1) is 15.0. The zero-order valence-electron chi connectivity index (χ0n) is 11.1. The molecule has 102 valence electrons. The summed E-state index contributed by atoms with van der Waals surface area (Å²) in [6.45, 7) is 6.29. The Hall–Kier alpha value is -1.07. The number of aryl methyl sites for hydroxylation is 1. The molecule has 0 bridgehead atoms. The molecular formula is C13H21NO3S. The highest BCUT2D eigenvalue weighted by Gasteiger charge is 2.20. The van der Waals surface area contributed by atoms with Crippen molar-refractivity contribution in [3.05, 3.63) is 29.8 Å². The van der Waals surface area contributed by atoms with E-state index in [-0.39, 0.29) is 17.6 Å². The third-order valence-corrected chi connectivity index (χ3v) is 3.77. The van der Waals surface area contributed by atoms with Crippen molar-refractivity contribution >= 4 is 10.0 Å². The van der Waals surface area contributed by atoms with E-state index in [9.17, 15) is 8.42 Å². The zero-order chi connectivity index (χ0) is 13.8. The summed E-state index contributed by atoms with van der Waals surface area (Å²) in [5, 5.41) is 5.08. The lowest BCUT2D eigenvalue weighted by Gasteiger charge is -2.20. The van der Waals surface area contributed by atoms with Crippen LogP contribution in [0.2, 0.25) is 0 Å². The van der Waals surface area contributed by atoms with Gasteiger partial charge in [0.15, 0.2) is 0 Å². The number of benzene rings is 1. The molecular weight excluding hydrogens is 250 g/mol. The van der Waals surface area contributed by atoms with E-state index in [0.29, 0.717) is 6.61 Å². The van der Waals surface area contributed by atoms with Crippen molar-refractivity contribution in [2.24, 2.45) is 17.0 Å². The van der Waals surface area contributed by atoms with Crippen molar-refractivity contribution in [2.75, 3.05) is 12.4 Å². The summed E-state index contributed by atoms with van der Waals surface area (Å²) >= 11 is 0. The van der Waals surface area contributed by atoms with Gasteiger partial charge in [0.05, 0.1) is 12.4 Å². The Morgan fingerprint density at radius 2 is 1.78 bits per heavy atom.